The fraction of sp³-hybridized carbons (Fsp3) is 0.778. The maximum absolute atomic E-state index is 14.1. The van der Waals surface area contributed by atoms with Gasteiger partial charge in [0, 0.05) is 38.0 Å². The molecule has 0 aliphatic carbocycles. The summed E-state index contributed by atoms with van der Waals surface area (Å²) in [5.74, 6) is -8.54. The number of rotatable bonds is 25. The summed E-state index contributed by atoms with van der Waals surface area (Å²) in [7, 11) is 1.30. The fourth-order valence-corrected chi connectivity index (χ4v) is 9.00. The third-order valence-electron chi connectivity index (χ3n) is 12.9. The van der Waals surface area contributed by atoms with Gasteiger partial charge in [-0.1, -0.05) is 25.7 Å². The van der Waals surface area contributed by atoms with Gasteiger partial charge in [0.2, 0.25) is 5.91 Å². The zero-order chi connectivity index (χ0) is 54.6. The number of carboxylic acids is 1. The molecule has 20 atom stereocenters. The van der Waals surface area contributed by atoms with E-state index < -0.39 is 184 Å². The maximum Gasteiger partial charge on any atom is 0.364 e. The first kappa shape index (κ1) is 60.8. The molecule has 1 aromatic carbocycles. The molecule has 5 rings (SSSR count). The van der Waals surface area contributed by atoms with Crippen LogP contribution >= 0.6 is 0 Å². The Morgan fingerprint density at radius 3 is 1.96 bits per heavy atom. The number of nitrogens with one attached hydrogen (secondary N) is 2. The predicted molar refractivity (Wildman–Crippen MR) is 240 cm³/mol. The molecular weight excluding hydrogens is 1000 g/mol. The summed E-state index contributed by atoms with van der Waals surface area (Å²) in [5.41, 5.74) is -0.354. The van der Waals surface area contributed by atoms with Crippen LogP contribution in [0, 0.1) is 0 Å². The molecule has 4 aliphatic rings. The number of carboxylic acid groups (broad SMARTS) is 1. The molecule has 2 amide bonds. The highest BCUT2D eigenvalue weighted by molar-refractivity contribution is 5.95. The third kappa shape index (κ3) is 15.1. The summed E-state index contributed by atoms with van der Waals surface area (Å²) in [4.78, 5) is 50.9. The van der Waals surface area contributed by atoms with Gasteiger partial charge >= 0.3 is 11.9 Å². The van der Waals surface area contributed by atoms with Crippen LogP contribution in [0.15, 0.2) is 18.2 Å². The lowest BCUT2D eigenvalue weighted by atomic mass is 9.88. The van der Waals surface area contributed by atoms with Crippen molar-refractivity contribution in [2.75, 3.05) is 40.1 Å². The van der Waals surface area contributed by atoms with Gasteiger partial charge in [-0.25, -0.2) is 4.79 Å². The van der Waals surface area contributed by atoms with E-state index in [4.69, 9.17) is 37.9 Å². The maximum atomic E-state index is 14.1. The van der Waals surface area contributed by atoms with E-state index in [0.717, 1.165) is 38.0 Å². The number of aliphatic carboxylic acids is 1. The van der Waals surface area contributed by atoms with E-state index >= 15 is 0 Å². The Morgan fingerprint density at radius 2 is 1.35 bits per heavy atom. The standard InChI is InChI=1S/C45H70N2O27/c1-19(51)46-29-23(54)14-45(44(64)65,73-37(29)32(59)24(55)15-48)74-39-33(60)26(16-49)69-43(35(39)62)72-38-30(47-40(63)20-11-21(52)13-22(53)12-20)41(67-10-8-6-4-3-5-7-9-28(57)66-2)70-27(17-50)36(38)71-42-34(61)31(58)25(56)18-68-42/h11-13,23-27,29-39,41-43,48-50,52-56,58-62H,3-10,14-18H2,1-2H3,(H,46,51)(H,47,63)(H,64,65)/t23?,24?,25-,26?,27?,29-,30?,31?,32?,33-,34?,35?,36+,37?,38?,39?,41-,42?,43?,45+/m1/s1. The van der Waals surface area contributed by atoms with Crippen LogP contribution in [0.4, 0.5) is 0 Å². The van der Waals surface area contributed by atoms with Crippen LogP contribution in [0.3, 0.4) is 0 Å². The van der Waals surface area contributed by atoms with E-state index in [2.05, 4.69) is 15.4 Å². The van der Waals surface area contributed by atoms with Crippen LogP contribution in [0.2, 0.25) is 0 Å². The first-order valence-electron chi connectivity index (χ1n) is 24.0. The summed E-state index contributed by atoms with van der Waals surface area (Å²) in [5, 5.41) is 155. The molecule has 0 saturated carbocycles. The lowest BCUT2D eigenvalue weighted by Crippen LogP contribution is -2.71. The lowest BCUT2D eigenvalue weighted by Gasteiger charge is -2.51. The van der Waals surface area contributed by atoms with Crippen LogP contribution < -0.4 is 10.6 Å². The molecule has 0 spiro atoms. The largest absolute Gasteiger partial charge is 0.508 e. The van der Waals surface area contributed by atoms with Gasteiger partial charge in [0.05, 0.1) is 45.7 Å². The number of hydrogen-bond acceptors (Lipinski definition) is 26. The zero-order valence-electron chi connectivity index (χ0n) is 40.5. The second kappa shape index (κ2) is 27.8. The van der Waals surface area contributed by atoms with E-state index in [9.17, 15) is 90.7 Å². The highest BCUT2D eigenvalue weighted by atomic mass is 16.8. The molecule has 29 nitrogen and oxygen atoms in total. The minimum atomic E-state index is -3.19. The van der Waals surface area contributed by atoms with E-state index in [1.54, 1.807) is 0 Å². The van der Waals surface area contributed by atoms with Gasteiger partial charge in [0.1, 0.15) is 96.9 Å². The fourth-order valence-electron chi connectivity index (χ4n) is 9.00. The summed E-state index contributed by atoms with van der Waals surface area (Å²) in [6.45, 7) is -2.87. The Labute approximate surface area is 423 Å². The van der Waals surface area contributed by atoms with Crippen molar-refractivity contribution in [1.29, 1.82) is 0 Å². The average Bonchev–Trinajstić information content (AvgIpc) is 3.36. The number of aliphatic hydroxyl groups excluding tert-OH is 11. The number of phenolic OH excluding ortho intramolecular Hbond substituents is 2. The Kier molecular flexibility index (Phi) is 22.9. The summed E-state index contributed by atoms with van der Waals surface area (Å²) >= 11 is 0. The van der Waals surface area contributed by atoms with Crippen LogP contribution in [0.25, 0.3) is 0 Å². The Bertz CT molecular complexity index is 1950. The van der Waals surface area contributed by atoms with Crippen LogP contribution in [-0.2, 0) is 57.0 Å². The predicted octanol–water partition coefficient (Wildman–Crippen LogP) is -5.98. The smallest absolute Gasteiger partial charge is 0.364 e. The van der Waals surface area contributed by atoms with Crippen LogP contribution in [-0.4, -0.2) is 258 Å². The van der Waals surface area contributed by atoms with Crippen molar-refractivity contribution in [2.45, 2.75) is 180 Å². The second-order valence-corrected chi connectivity index (χ2v) is 18.4. The molecule has 422 valence electrons. The quantitative estimate of drug-likeness (QED) is 0.0320. The van der Waals surface area contributed by atoms with E-state index in [1.165, 1.54) is 7.11 Å². The molecular formula is C45H70N2O27. The van der Waals surface area contributed by atoms with Crippen molar-refractivity contribution in [1.82, 2.24) is 10.6 Å². The van der Waals surface area contributed by atoms with Gasteiger partial charge in [0.15, 0.2) is 18.9 Å². The van der Waals surface area contributed by atoms with Crippen molar-refractivity contribution in [2.24, 2.45) is 0 Å². The highest BCUT2D eigenvalue weighted by Gasteiger charge is 2.61. The van der Waals surface area contributed by atoms with E-state index in [1.807, 2.05) is 0 Å². The summed E-state index contributed by atoms with van der Waals surface area (Å²) in [6.07, 6.45) is -30.8. The number of carbonyl (C=O) groups excluding carboxylic acids is 3. The number of carbonyl (C=O) groups is 4. The minimum Gasteiger partial charge on any atom is -0.508 e. The molecule has 4 aliphatic heterocycles. The first-order valence-corrected chi connectivity index (χ1v) is 24.0. The molecule has 16 N–H and O–H groups in total. The van der Waals surface area contributed by atoms with Crippen molar-refractivity contribution >= 4 is 23.8 Å². The molecule has 4 saturated heterocycles. The highest BCUT2D eigenvalue weighted by Crippen LogP contribution is 2.39. The number of aromatic hydroxyl groups is 2. The van der Waals surface area contributed by atoms with Crippen molar-refractivity contribution in [3.05, 3.63) is 23.8 Å². The third-order valence-corrected chi connectivity index (χ3v) is 12.9. The molecule has 74 heavy (non-hydrogen) atoms. The topological polar surface area (TPSA) is 459 Å². The van der Waals surface area contributed by atoms with Gasteiger partial charge < -0.3 is 125 Å². The van der Waals surface area contributed by atoms with Crippen molar-refractivity contribution < 1.29 is 133 Å². The number of esters is 1. The number of amides is 2. The molecule has 14 unspecified atom stereocenters. The van der Waals surface area contributed by atoms with Gasteiger partial charge in [-0.2, -0.15) is 0 Å². The SMILES string of the molecule is COC(=O)CCCCCCCCO[C@@H]1OC(CO)[C@H](OC2OC[C@@H](O)C(O)C2O)C(OC2OC(CO)[C@@H](O)C(O[C@]3(C(=O)O)CC(O)[C@@H](NC(C)=O)C(C(O)C(O)CO)O3)C2O)C1NC(=O)c1cc(O)cc(O)c1. The molecule has 1 aromatic rings. The number of phenols is 2. The first-order chi connectivity index (χ1) is 35.1. The average molecular weight is 1070 g/mol. The second-order valence-electron chi connectivity index (χ2n) is 18.4. The number of benzene rings is 1. The van der Waals surface area contributed by atoms with Crippen LogP contribution in [0.1, 0.15) is 68.6 Å². The van der Waals surface area contributed by atoms with Gasteiger partial charge in [-0.05, 0) is 25.0 Å². The number of ether oxygens (including phenoxy) is 9. The number of aliphatic hydroxyl groups is 11. The molecule has 0 bridgehead atoms. The van der Waals surface area contributed by atoms with Gasteiger partial charge in [-0.3, -0.25) is 14.4 Å². The van der Waals surface area contributed by atoms with Gasteiger partial charge in [-0.15, -0.1) is 0 Å². The molecule has 29 heteroatoms. The molecule has 4 fully saturated rings. The van der Waals surface area contributed by atoms with E-state index in [-0.39, 0.29) is 24.6 Å². The summed E-state index contributed by atoms with van der Waals surface area (Å²) in [6, 6.07) is -0.510. The number of methoxy groups -OCH3 is 1. The Hall–Kier alpha value is -4.06. The molecule has 4 heterocycles. The normalized spacial score (nSPS) is 36.3. The van der Waals surface area contributed by atoms with Crippen LogP contribution in [0.5, 0.6) is 11.5 Å². The van der Waals surface area contributed by atoms with Gasteiger partial charge in [0.25, 0.3) is 11.7 Å². The number of hydrogen-bond donors (Lipinski definition) is 16. The Balaban J connectivity index is 1.53. The lowest BCUT2D eigenvalue weighted by molar-refractivity contribution is -0.388. The van der Waals surface area contributed by atoms with Crippen molar-refractivity contribution in [3.63, 3.8) is 0 Å². The molecule has 0 aromatic heterocycles. The summed E-state index contributed by atoms with van der Waals surface area (Å²) < 4.78 is 52.3. The molecule has 0 radical (unpaired) electrons. The van der Waals surface area contributed by atoms with E-state index in [0.29, 0.717) is 25.7 Å². The van der Waals surface area contributed by atoms with Crippen molar-refractivity contribution in [3.8, 4) is 11.5 Å². The number of unbranched alkanes of at least 4 members (excludes halogenated alkanes) is 5. The zero-order valence-corrected chi connectivity index (χ0v) is 40.5. The Morgan fingerprint density at radius 1 is 0.730 bits per heavy atom. The minimum absolute atomic E-state index is 0.0920. The monoisotopic (exact) mass is 1070 g/mol.